The van der Waals surface area contributed by atoms with E-state index in [1.807, 2.05) is 4.90 Å². The molecule has 1 aromatic rings. The van der Waals surface area contributed by atoms with Crippen molar-refractivity contribution in [2.24, 2.45) is 0 Å². The Labute approximate surface area is 133 Å². The summed E-state index contributed by atoms with van der Waals surface area (Å²) in [6.07, 6.45) is 2.39. The number of likely N-dealkylation sites (tertiary alicyclic amines) is 1. The van der Waals surface area contributed by atoms with E-state index < -0.39 is 23.7 Å². The van der Waals surface area contributed by atoms with E-state index in [-0.39, 0.29) is 11.9 Å². The molecule has 0 radical (unpaired) electrons. The summed E-state index contributed by atoms with van der Waals surface area (Å²) < 4.78 is 26.2. The predicted molar refractivity (Wildman–Crippen MR) is 79.6 cm³/mol. The lowest BCUT2D eigenvalue weighted by molar-refractivity contribution is -0.128. The van der Waals surface area contributed by atoms with Crippen molar-refractivity contribution in [3.05, 3.63) is 35.4 Å². The van der Waals surface area contributed by atoms with Crippen LogP contribution in [0.5, 0.6) is 0 Å². The van der Waals surface area contributed by atoms with E-state index in [4.69, 9.17) is 0 Å². The van der Waals surface area contributed by atoms with Crippen molar-refractivity contribution in [2.45, 2.75) is 44.3 Å². The zero-order valence-corrected chi connectivity index (χ0v) is 12.8. The van der Waals surface area contributed by atoms with Crippen LogP contribution in [0.4, 0.5) is 13.6 Å². The molecule has 3 rings (SSSR count). The van der Waals surface area contributed by atoms with Crippen LogP contribution in [0.15, 0.2) is 18.2 Å². The van der Waals surface area contributed by atoms with Crippen LogP contribution in [0.2, 0.25) is 0 Å². The maximum absolute atomic E-state index is 13.2. The normalized spacial score (nSPS) is 22.1. The molecule has 0 spiro atoms. The fraction of sp³-hybridized carbons (Fsp3) is 0.500. The Kier molecular flexibility index (Phi) is 4.19. The van der Waals surface area contributed by atoms with Gasteiger partial charge in [0.25, 0.3) is 0 Å². The summed E-state index contributed by atoms with van der Waals surface area (Å²) in [4.78, 5) is 25.7. The Hall–Kier alpha value is -2.18. The fourth-order valence-electron chi connectivity index (χ4n) is 2.86. The molecule has 124 valence electrons. The minimum Gasteiger partial charge on any atom is -0.338 e. The molecule has 1 aliphatic carbocycles. The van der Waals surface area contributed by atoms with Gasteiger partial charge in [0.1, 0.15) is 0 Å². The maximum atomic E-state index is 13.2. The number of halogens is 2. The highest BCUT2D eigenvalue weighted by Gasteiger charge is 2.39. The average molecular weight is 323 g/mol. The van der Waals surface area contributed by atoms with Crippen molar-refractivity contribution >= 4 is 11.9 Å². The summed E-state index contributed by atoms with van der Waals surface area (Å²) in [6.45, 7) is 2.22. The van der Waals surface area contributed by atoms with Gasteiger partial charge in [0.05, 0.1) is 12.1 Å². The maximum Gasteiger partial charge on any atom is 0.315 e. The van der Waals surface area contributed by atoms with Crippen molar-refractivity contribution in [2.75, 3.05) is 6.54 Å². The molecule has 3 amide bonds. The van der Waals surface area contributed by atoms with Crippen molar-refractivity contribution < 1.29 is 18.4 Å². The van der Waals surface area contributed by atoms with Gasteiger partial charge in [-0.3, -0.25) is 4.79 Å². The second kappa shape index (κ2) is 6.14. The first-order valence-electron chi connectivity index (χ1n) is 7.75. The number of urea groups is 1. The largest absolute Gasteiger partial charge is 0.338 e. The van der Waals surface area contributed by atoms with Gasteiger partial charge in [0.15, 0.2) is 11.6 Å². The molecule has 7 heteroatoms. The molecule has 0 aromatic heterocycles. The molecule has 23 heavy (non-hydrogen) atoms. The smallest absolute Gasteiger partial charge is 0.315 e. The molecule has 1 aliphatic heterocycles. The highest BCUT2D eigenvalue weighted by atomic mass is 19.2. The van der Waals surface area contributed by atoms with E-state index >= 15 is 0 Å². The highest BCUT2D eigenvalue weighted by molar-refractivity contribution is 5.82. The number of nitrogens with one attached hydrogen (secondary N) is 2. The Morgan fingerprint density at radius 3 is 2.70 bits per heavy atom. The first-order valence-corrected chi connectivity index (χ1v) is 7.75. The SMILES string of the molecule is C[C@@H](NC(=O)N[C@@H]1CC(=O)N(C2CC2)C1)c1ccc(F)c(F)c1. The molecule has 2 aliphatic rings. The molecule has 0 bridgehead atoms. The van der Waals surface area contributed by atoms with Gasteiger partial charge >= 0.3 is 6.03 Å². The summed E-state index contributed by atoms with van der Waals surface area (Å²) >= 11 is 0. The highest BCUT2D eigenvalue weighted by Crippen LogP contribution is 2.30. The van der Waals surface area contributed by atoms with E-state index in [2.05, 4.69) is 10.6 Å². The number of hydrogen-bond acceptors (Lipinski definition) is 2. The summed E-state index contributed by atoms with van der Waals surface area (Å²) in [5.74, 6) is -1.79. The lowest BCUT2D eigenvalue weighted by Crippen LogP contribution is -2.44. The van der Waals surface area contributed by atoms with Crippen LogP contribution in [0.25, 0.3) is 0 Å². The zero-order chi connectivity index (χ0) is 16.6. The van der Waals surface area contributed by atoms with Gasteiger partial charge in [-0.15, -0.1) is 0 Å². The quantitative estimate of drug-likeness (QED) is 0.891. The average Bonchev–Trinajstić information content (AvgIpc) is 3.26. The second-order valence-corrected chi connectivity index (χ2v) is 6.19. The topological polar surface area (TPSA) is 61.4 Å². The van der Waals surface area contributed by atoms with Crippen LogP contribution >= 0.6 is 0 Å². The van der Waals surface area contributed by atoms with Crippen LogP contribution in [0.3, 0.4) is 0 Å². The van der Waals surface area contributed by atoms with Crippen molar-refractivity contribution in [3.8, 4) is 0 Å². The van der Waals surface area contributed by atoms with Gasteiger partial charge in [0, 0.05) is 19.0 Å². The van der Waals surface area contributed by atoms with Crippen molar-refractivity contribution in [1.29, 1.82) is 0 Å². The van der Waals surface area contributed by atoms with E-state index in [1.54, 1.807) is 6.92 Å². The van der Waals surface area contributed by atoms with E-state index in [1.165, 1.54) is 6.07 Å². The van der Waals surface area contributed by atoms with Crippen LogP contribution in [0.1, 0.15) is 37.8 Å². The first kappa shape index (κ1) is 15.7. The Bertz CT molecular complexity index is 634. The minimum atomic E-state index is -0.946. The Balaban J connectivity index is 1.52. The summed E-state index contributed by atoms with van der Waals surface area (Å²) in [5.41, 5.74) is 0.473. The monoisotopic (exact) mass is 323 g/mol. The molecule has 2 N–H and O–H groups in total. The zero-order valence-electron chi connectivity index (χ0n) is 12.8. The standard InChI is InChI=1S/C16H19F2N3O2/c1-9(10-2-5-13(17)14(18)6-10)19-16(23)20-11-7-15(22)21(8-11)12-3-4-12/h2,5-6,9,11-12H,3-4,7-8H2,1H3,(H2,19,20,23)/t9-,11-/m1/s1. The Morgan fingerprint density at radius 2 is 2.04 bits per heavy atom. The molecule has 5 nitrogen and oxygen atoms in total. The number of amides is 3. The van der Waals surface area contributed by atoms with Gasteiger partial charge in [-0.25, -0.2) is 13.6 Å². The van der Waals surface area contributed by atoms with Gasteiger partial charge < -0.3 is 15.5 Å². The molecule has 1 heterocycles. The molecule has 1 saturated heterocycles. The molecule has 0 unspecified atom stereocenters. The van der Waals surface area contributed by atoms with Gasteiger partial charge in [0.2, 0.25) is 5.91 Å². The van der Waals surface area contributed by atoms with Gasteiger partial charge in [-0.05, 0) is 37.5 Å². The number of rotatable bonds is 4. The predicted octanol–water partition coefficient (Wildman–Crippen LogP) is 2.09. The number of nitrogens with zero attached hydrogens (tertiary/aromatic N) is 1. The van der Waals surface area contributed by atoms with Crippen LogP contribution in [0, 0.1) is 11.6 Å². The van der Waals surface area contributed by atoms with Crippen molar-refractivity contribution in [1.82, 2.24) is 15.5 Å². The van der Waals surface area contributed by atoms with Crippen LogP contribution < -0.4 is 10.6 Å². The fourth-order valence-corrected chi connectivity index (χ4v) is 2.86. The minimum absolute atomic E-state index is 0.0754. The van der Waals surface area contributed by atoms with E-state index in [0.29, 0.717) is 24.6 Å². The summed E-state index contributed by atoms with van der Waals surface area (Å²) in [7, 11) is 0. The molecule has 2 atom stereocenters. The third kappa shape index (κ3) is 3.60. The number of carbonyl (C=O) groups is 2. The molecule has 1 aromatic carbocycles. The molecule has 2 fully saturated rings. The molecular weight excluding hydrogens is 304 g/mol. The van der Waals surface area contributed by atoms with E-state index in [0.717, 1.165) is 25.0 Å². The third-order valence-electron chi connectivity index (χ3n) is 4.27. The van der Waals surface area contributed by atoms with Crippen LogP contribution in [-0.2, 0) is 4.79 Å². The van der Waals surface area contributed by atoms with Crippen molar-refractivity contribution in [3.63, 3.8) is 0 Å². The number of carbonyl (C=O) groups excluding carboxylic acids is 2. The third-order valence-corrected chi connectivity index (χ3v) is 4.27. The summed E-state index contributed by atoms with van der Waals surface area (Å²) in [5, 5.41) is 5.44. The number of benzene rings is 1. The van der Waals surface area contributed by atoms with E-state index in [9.17, 15) is 18.4 Å². The molecule has 1 saturated carbocycles. The van der Waals surface area contributed by atoms with Gasteiger partial charge in [-0.2, -0.15) is 0 Å². The lowest BCUT2D eigenvalue weighted by Gasteiger charge is -2.19. The second-order valence-electron chi connectivity index (χ2n) is 6.19. The number of hydrogen-bond donors (Lipinski definition) is 2. The van der Waals surface area contributed by atoms with Crippen LogP contribution in [-0.4, -0.2) is 35.5 Å². The Morgan fingerprint density at radius 1 is 1.30 bits per heavy atom. The first-order chi connectivity index (χ1) is 10.9. The summed E-state index contributed by atoms with van der Waals surface area (Å²) in [6, 6.07) is 2.77. The lowest BCUT2D eigenvalue weighted by atomic mass is 10.1. The molecular formula is C16H19F2N3O2. The van der Waals surface area contributed by atoms with Gasteiger partial charge in [-0.1, -0.05) is 6.07 Å².